The van der Waals surface area contributed by atoms with Crippen LogP contribution in [0.3, 0.4) is 0 Å². The third-order valence-electron chi connectivity index (χ3n) is 2.96. The van der Waals surface area contributed by atoms with E-state index in [-0.39, 0.29) is 0 Å². The van der Waals surface area contributed by atoms with Crippen LogP contribution in [0, 0.1) is 0 Å². The Kier molecular flexibility index (Phi) is 4.13. The van der Waals surface area contributed by atoms with E-state index in [9.17, 15) is 9.90 Å². The Hall–Kier alpha value is -2.36. The van der Waals surface area contributed by atoms with Gasteiger partial charge in [-0.2, -0.15) is 0 Å². The van der Waals surface area contributed by atoms with E-state index >= 15 is 0 Å². The molecule has 1 unspecified atom stereocenters. The van der Waals surface area contributed by atoms with Crippen LogP contribution >= 0.6 is 0 Å². The average molecular weight is 257 g/mol. The van der Waals surface area contributed by atoms with Crippen LogP contribution in [0.25, 0.3) is 0 Å². The van der Waals surface area contributed by atoms with Gasteiger partial charge >= 0.3 is 5.97 Å². The molecule has 1 atom stereocenters. The molecule has 0 bridgehead atoms. The summed E-state index contributed by atoms with van der Waals surface area (Å²) in [7, 11) is 1.57. The molecule has 1 aromatic carbocycles. The number of aliphatic carboxylic acids is 1. The van der Waals surface area contributed by atoms with Crippen molar-refractivity contribution in [3.63, 3.8) is 0 Å². The van der Waals surface area contributed by atoms with Gasteiger partial charge in [-0.25, -0.2) is 0 Å². The Morgan fingerprint density at radius 2 is 2.21 bits per heavy atom. The van der Waals surface area contributed by atoms with E-state index in [0.29, 0.717) is 12.2 Å². The molecule has 0 saturated carbocycles. The van der Waals surface area contributed by atoms with Crippen molar-refractivity contribution < 1.29 is 14.6 Å². The van der Waals surface area contributed by atoms with Crippen molar-refractivity contribution in [2.45, 2.75) is 12.3 Å². The number of benzene rings is 1. The monoisotopic (exact) mass is 257 g/mol. The first-order valence-electron chi connectivity index (χ1n) is 5.96. The minimum Gasteiger partial charge on any atom is -0.497 e. The lowest BCUT2D eigenvalue weighted by Gasteiger charge is -2.13. The van der Waals surface area contributed by atoms with Crippen LogP contribution in [-0.2, 0) is 11.2 Å². The second-order valence-corrected chi connectivity index (χ2v) is 4.23. The lowest BCUT2D eigenvalue weighted by atomic mass is 9.92. The molecular weight excluding hydrogens is 242 g/mol. The van der Waals surface area contributed by atoms with Crippen molar-refractivity contribution in [1.29, 1.82) is 0 Å². The van der Waals surface area contributed by atoms with Crippen LogP contribution in [-0.4, -0.2) is 23.2 Å². The maximum atomic E-state index is 11.4. The molecule has 98 valence electrons. The second kappa shape index (κ2) is 6.00. The maximum absolute atomic E-state index is 11.4. The standard InChI is InChI=1S/C15H15NO3/c1-19-13-6-2-5-12(9-13)14(15(17)18)8-11-4-3-7-16-10-11/h2-7,9-10,14H,8H2,1H3,(H,17,18). The second-order valence-electron chi connectivity index (χ2n) is 4.23. The predicted molar refractivity (Wildman–Crippen MR) is 71.3 cm³/mol. The molecule has 1 aromatic heterocycles. The molecule has 0 radical (unpaired) electrons. The molecule has 0 fully saturated rings. The van der Waals surface area contributed by atoms with Crippen LogP contribution < -0.4 is 4.74 Å². The van der Waals surface area contributed by atoms with Gasteiger partial charge < -0.3 is 9.84 Å². The quantitative estimate of drug-likeness (QED) is 0.894. The zero-order valence-corrected chi connectivity index (χ0v) is 10.6. The summed E-state index contributed by atoms with van der Waals surface area (Å²) in [6, 6.07) is 10.8. The molecule has 0 saturated heterocycles. The average Bonchev–Trinajstić information content (AvgIpc) is 2.45. The number of nitrogens with zero attached hydrogens (tertiary/aromatic N) is 1. The van der Waals surface area contributed by atoms with Crippen molar-refractivity contribution in [3.05, 3.63) is 59.9 Å². The lowest BCUT2D eigenvalue weighted by molar-refractivity contribution is -0.138. The maximum Gasteiger partial charge on any atom is 0.311 e. The van der Waals surface area contributed by atoms with Gasteiger partial charge in [0.1, 0.15) is 5.75 Å². The minimum atomic E-state index is -0.850. The van der Waals surface area contributed by atoms with E-state index in [1.807, 2.05) is 6.07 Å². The molecule has 0 amide bonds. The molecule has 0 aliphatic carbocycles. The molecule has 4 nitrogen and oxygen atoms in total. The Morgan fingerprint density at radius 1 is 1.37 bits per heavy atom. The van der Waals surface area contributed by atoms with Crippen molar-refractivity contribution in [3.8, 4) is 5.75 Å². The van der Waals surface area contributed by atoms with Crippen LogP contribution in [0.4, 0.5) is 0 Å². The molecule has 2 rings (SSSR count). The molecule has 0 aliphatic heterocycles. The lowest BCUT2D eigenvalue weighted by Crippen LogP contribution is -2.14. The molecule has 1 N–H and O–H groups in total. The molecule has 1 heterocycles. The molecule has 0 aliphatic rings. The van der Waals surface area contributed by atoms with Crippen molar-refractivity contribution in [2.24, 2.45) is 0 Å². The number of hydrogen-bond donors (Lipinski definition) is 1. The third-order valence-corrected chi connectivity index (χ3v) is 2.96. The van der Waals surface area contributed by atoms with Gasteiger partial charge in [0.15, 0.2) is 0 Å². The van der Waals surface area contributed by atoms with Crippen molar-refractivity contribution >= 4 is 5.97 Å². The Bertz CT molecular complexity index is 554. The van der Waals surface area contributed by atoms with Gasteiger partial charge in [0.25, 0.3) is 0 Å². The highest BCUT2D eigenvalue weighted by atomic mass is 16.5. The first-order valence-corrected chi connectivity index (χ1v) is 5.96. The summed E-state index contributed by atoms with van der Waals surface area (Å²) >= 11 is 0. The molecule has 2 aromatic rings. The number of pyridine rings is 1. The number of carboxylic acid groups (broad SMARTS) is 1. The highest BCUT2D eigenvalue weighted by molar-refractivity contribution is 5.76. The van der Waals surface area contributed by atoms with Crippen molar-refractivity contribution in [1.82, 2.24) is 4.98 Å². The van der Waals surface area contributed by atoms with Gasteiger partial charge in [-0.15, -0.1) is 0 Å². The Morgan fingerprint density at radius 3 is 2.84 bits per heavy atom. The Labute approximate surface area is 111 Å². The fourth-order valence-electron chi connectivity index (χ4n) is 1.96. The number of methoxy groups -OCH3 is 1. The summed E-state index contributed by atoms with van der Waals surface area (Å²) in [5, 5.41) is 9.39. The van der Waals surface area contributed by atoms with E-state index in [0.717, 1.165) is 11.1 Å². The zero-order chi connectivity index (χ0) is 13.7. The molecule has 19 heavy (non-hydrogen) atoms. The van der Waals surface area contributed by atoms with Gasteiger partial charge in [0.2, 0.25) is 0 Å². The van der Waals surface area contributed by atoms with Gasteiger partial charge in [-0.05, 0) is 35.7 Å². The Balaban J connectivity index is 2.27. The zero-order valence-electron chi connectivity index (χ0n) is 10.6. The highest BCUT2D eigenvalue weighted by Crippen LogP contribution is 2.24. The normalized spacial score (nSPS) is 11.8. The molecule has 4 heteroatoms. The highest BCUT2D eigenvalue weighted by Gasteiger charge is 2.20. The van der Waals surface area contributed by atoms with Crippen LogP contribution in [0.2, 0.25) is 0 Å². The van der Waals surface area contributed by atoms with E-state index in [1.165, 1.54) is 0 Å². The van der Waals surface area contributed by atoms with E-state index in [4.69, 9.17) is 4.74 Å². The summed E-state index contributed by atoms with van der Waals surface area (Å²) in [6.45, 7) is 0. The SMILES string of the molecule is COc1cccc(C(Cc2cccnc2)C(=O)O)c1. The van der Waals surface area contributed by atoms with Gasteiger partial charge in [0, 0.05) is 12.4 Å². The summed E-state index contributed by atoms with van der Waals surface area (Å²) in [5.74, 6) is -0.786. The van der Waals surface area contributed by atoms with Gasteiger partial charge in [0.05, 0.1) is 13.0 Å². The van der Waals surface area contributed by atoms with Crippen LogP contribution in [0.15, 0.2) is 48.8 Å². The van der Waals surface area contributed by atoms with E-state index < -0.39 is 11.9 Å². The molecule has 0 spiro atoms. The fraction of sp³-hybridized carbons (Fsp3) is 0.200. The number of ether oxygens (including phenoxy) is 1. The fourth-order valence-corrected chi connectivity index (χ4v) is 1.96. The van der Waals surface area contributed by atoms with Crippen molar-refractivity contribution in [2.75, 3.05) is 7.11 Å². The van der Waals surface area contributed by atoms with Gasteiger partial charge in [-0.3, -0.25) is 9.78 Å². The largest absolute Gasteiger partial charge is 0.497 e. The summed E-state index contributed by atoms with van der Waals surface area (Å²) in [5.41, 5.74) is 1.63. The predicted octanol–water partition coefficient (Wildman–Crippen LogP) is 2.50. The van der Waals surface area contributed by atoms with Crippen LogP contribution in [0.1, 0.15) is 17.0 Å². The third kappa shape index (κ3) is 3.31. The first kappa shape index (κ1) is 13.1. The number of carbonyl (C=O) groups is 1. The van der Waals surface area contributed by atoms with E-state index in [1.54, 1.807) is 49.8 Å². The van der Waals surface area contributed by atoms with E-state index in [2.05, 4.69) is 4.98 Å². The minimum absolute atomic E-state index is 0.413. The first-order chi connectivity index (χ1) is 9.20. The number of carboxylic acids is 1. The molecular formula is C15H15NO3. The smallest absolute Gasteiger partial charge is 0.311 e. The topological polar surface area (TPSA) is 59.4 Å². The van der Waals surface area contributed by atoms with Crippen LogP contribution in [0.5, 0.6) is 5.75 Å². The summed E-state index contributed by atoms with van der Waals surface area (Å²) in [6.07, 6.45) is 3.78. The summed E-state index contributed by atoms with van der Waals surface area (Å²) < 4.78 is 5.13. The number of hydrogen-bond acceptors (Lipinski definition) is 3. The summed E-state index contributed by atoms with van der Waals surface area (Å²) in [4.78, 5) is 15.4. The number of aromatic nitrogens is 1. The number of rotatable bonds is 5. The van der Waals surface area contributed by atoms with Gasteiger partial charge in [-0.1, -0.05) is 18.2 Å².